The molecule has 92 valence electrons. The van der Waals surface area contributed by atoms with Gasteiger partial charge in [-0.05, 0) is 47.1 Å². The smallest absolute Gasteiger partial charge is 0.243 e. The number of nitrogens with one attached hydrogen (secondary N) is 1. The van der Waals surface area contributed by atoms with Gasteiger partial charge in [0.05, 0.1) is 10.6 Å². The van der Waals surface area contributed by atoms with Gasteiger partial charge < -0.3 is 0 Å². The van der Waals surface area contributed by atoms with Gasteiger partial charge in [-0.2, -0.15) is 5.10 Å². The Morgan fingerprint density at radius 1 is 1.35 bits per heavy atom. The molecule has 1 aromatic carbocycles. The molecule has 0 fully saturated rings. The Kier molecular flexibility index (Phi) is 4.38. The van der Waals surface area contributed by atoms with Crippen molar-refractivity contribution in [3.63, 3.8) is 0 Å². The van der Waals surface area contributed by atoms with Crippen LogP contribution < -0.4 is 10.6 Å². The van der Waals surface area contributed by atoms with Gasteiger partial charge in [0.15, 0.2) is 0 Å². The second-order valence-corrected chi connectivity index (χ2v) is 5.43. The second kappa shape index (κ2) is 5.39. The molecule has 0 saturated heterocycles. The van der Waals surface area contributed by atoms with Crippen molar-refractivity contribution in [1.82, 2.24) is 0 Å². The lowest BCUT2D eigenvalue weighted by molar-refractivity contribution is -0.105. The second-order valence-electron chi connectivity index (χ2n) is 3.15. The SMILES string of the molecule is CC(=NNc1ccc(S(N)(=O)=O)cc1)C(=O)Br. The molecule has 0 heterocycles. The van der Waals surface area contributed by atoms with Gasteiger partial charge >= 0.3 is 0 Å². The van der Waals surface area contributed by atoms with Crippen molar-refractivity contribution in [3.05, 3.63) is 24.3 Å². The average molecular weight is 320 g/mol. The molecule has 0 saturated carbocycles. The van der Waals surface area contributed by atoms with E-state index in [1.807, 2.05) is 0 Å². The van der Waals surface area contributed by atoms with E-state index in [4.69, 9.17) is 5.14 Å². The first kappa shape index (κ1) is 13.8. The summed E-state index contributed by atoms with van der Waals surface area (Å²) in [7, 11) is -3.69. The zero-order valence-electron chi connectivity index (χ0n) is 8.84. The van der Waals surface area contributed by atoms with E-state index < -0.39 is 10.0 Å². The monoisotopic (exact) mass is 319 g/mol. The molecular weight excluding hydrogens is 310 g/mol. The number of anilines is 1. The number of sulfonamides is 1. The number of primary sulfonamides is 1. The number of halogens is 1. The molecule has 0 amide bonds. The highest BCUT2D eigenvalue weighted by Crippen LogP contribution is 2.12. The van der Waals surface area contributed by atoms with Crippen LogP contribution in [0.25, 0.3) is 0 Å². The molecule has 0 aromatic heterocycles. The first-order valence-corrected chi connectivity index (χ1v) is 6.77. The van der Waals surface area contributed by atoms with E-state index >= 15 is 0 Å². The lowest BCUT2D eigenvalue weighted by Crippen LogP contribution is -2.11. The van der Waals surface area contributed by atoms with Crippen LogP contribution in [0.3, 0.4) is 0 Å². The zero-order chi connectivity index (χ0) is 13.1. The summed E-state index contributed by atoms with van der Waals surface area (Å²) in [6.07, 6.45) is 0. The molecule has 0 aliphatic rings. The predicted molar refractivity (Wildman–Crippen MR) is 68.5 cm³/mol. The Balaban J connectivity index is 2.83. The maximum atomic E-state index is 11.0. The number of benzene rings is 1. The first-order chi connectivity index (χ1) is 7.80. The standard InChI is InChI=1S/C9H10BrN3O3S/c1-6(9(10)14)12-13-7-2-4-8(5-3-7)17(11,15)16/h2-5,13H,1H3,(H2,11,15,16). The van der Waals surface area contributed by atoms with E-state index in [-0.39, 0.29) is 15.3 Å². The Morgan fingerprint density at radius 3 is 2.29 bits per heavy atom. The molecule has 0 radical (unpaired) electrons. The van der Waals surface area contributed by atoms with Crippen LogP contribution in [0.1, 0.15) is 6.92 Å². The molecule has 17 heavy (non-hydrogen) atoms. The van der Waals surface area contributed by atoms with Crippen molar-refractivity contribution in [2.45, 2.75) is 11.8 Å². The van der Waals surface area contributed by atoms with Gasteiger partial charge in [-0.1, -0.05) is 0 Å². The molecule has 3 N–H and O–H groups in total. The van der Waals surface area contributed by atoms with Gasteiger partial charge in [0.25, 0.3) is 0 Å². The summed E-state index contributed by atoms with van der Waals surface area (Å²) in [4.78, 5) is 10.8. The van der Waals surface area contributed by atoms with Gasteiger partial charge in [-0.25, -0.2) is 13.6 Å². The van der Waals surface area contributed by atoms with Gasteiger partial charge in [-0.3, -0.25) is 10.2 Å². The number of hydrogen-bond donors (Lipinski definition) is 2. The van der Waals surface area contributed by atoms with Crippen LogP contribution in [0, 0.1) is 0 Å². The van der Waals surface area contributed by atoms with Crippen LogP contribution in [0.2, 0.25) is 0 Å². The number of hydrazone groups is 1. The van der Waals surface area contributed by atoms with Crippen LogP contribution >= 0.6 is 15.9 Å². The summed E-state index contributed by atoms with van der Waals surface area (Å²) in [5.74, 6) is 0. The molecule has 0 aliphatic carbocycles. The first-order valence-electron chi connectivity index (χ1n) is 4.43. The van der Waals surface area contributed by atoms with E-state index in [2.05, 4.69) is 26.5 Å². The minimum Gasteiger partial charge on any atom is -0.280 e. The lowest BCUT2D eigenvalue weighted by Gasteiger charge is -2.02. The highest BCUT2D eigenvalue weighted by atomic mass is 79.9. The Morgan fingerprint density at radius 2 is 1.88 bits per heavy atom. The zero-order valence-corrected chi connectivity index (χ0v) is 11.2. The van der Waals surface area contributed by atoms with Crippen LogP contribution in [-0.2, 0) is 14.8 Å². The topological polar surface area (TPSA) is 102 Å². The van der Waals surface area contributed by atoms with Crippen molar-refractivity contribution in [2.24, 2.45) is 10.2 Å². The van der Waals surface area contributed by atoms with Gasteiger partial charge in [0.1, 0.15) is 5.71 Å². The minimum atomic E-state index is -3.69. The number of carbonyl (C=O) groups is 1. The van der Waals surface area contributed by atoms with Crippen molar-refractivity contribution >= 4 is 42.0 Å². The maximum Gasteiger partial charge on any atom is 0.243 e. The fourth-order valence-electron chi connectivity index (χ4n) is 0.912. The van der Waals surface area contributed by atoms with E-state index in [1.54, 1.807) is 0 Å². The van der Waals surface area contributed by atoms with Crippen LogP contribution in [0.5, 0.6) is 0 Å². The van der Waals surface area contributed by atoms with Gasteiger partial charge in [-0.15, -0.1) is 0 Å². The third kappa shape index (κ3) is 4.25. The largest absolute Gasteiger partial charge is 0.280 e. The van der Waals surface area contributed by atoms with E-state index in [9.17, 15) is 13.2 Å². The Bertz CT molecular complexity index is 551. The molecule has 6 nitrogen and oxygen atoms in total. The highest BCUT2D eigenvalue weighted by Gasteiger charge is 2.06. The normalized spacial score (nSPS) is 12.3. The number of rotatable bonds is 4. The third-order valence-corrected chi connectivity index (χ3v) is 3.32. The Labute approximate surface area is 107 Å². The number of carbonyl (C=O) groups excluding carboxylic acids is 1. The van der Waals surface area contributed by atoms with Crippen LogP contribution in [-0.4, -0.2) is 18.8 Å². The fraction of sp³-hybridized carbons (Fsp3) is 0.111. The summed E-state index contributed by atoms with van der Waals surface area (Å²) in [5, 5.41) is 8.72. The number of nitrogens with two attached hydrogens (primary N) is 1. The van der Waals surface area contributed by atoms with Crippen molar-refractivity contribution in [3.8, 4) is 0 Å². The summed E-state index contributed by atoms with van der Waals surface area (Å²) >= 11 is 2.75. The molecule has 0 aliphatic heterocycles. The summed E-state index contributed by atoms with van der Waals surface area (Å²) in [6, 6.07) is 5.68. The average Bonchev–Trinajstić information content (AvgIpc) is 2.25. The highest BCUT2D eigenvalue weighted by molar-refractivity contribution is 9.19. The molecule has 0 atom stereocenters. The van der Waals surface area contributed by atoms with Crippen molar-refractivity contribution in [1.29, 1.82) is 0 Å². The van der Waals surface area contributed by atoms with Crippen molar-refractivity contribution < 1.29 is 13.2 Å². The van der Waals surface area contributed by atoms with E-state index in [0.29, 0.717) is 5.69 Å². The van der Waals surface area contributed by atoms with Gasteiger partial charge in [0.2, 0.25) is 14.7 Å². The number of hydrogen-bond acceptors (Lipinski definition) is 5. The molecule has 0 bridgehead atoms. The lowest BCUT2D eigenvalue weighted by atomic mass is 10.3. The molecule has 8 heteroatoms. The third-order valence-electron chi connectivity index (χ3n) is 1.82. The molecule has 1 aromatic rings. The minimum absolute atomic E-state index is 0.0142. The van der Waals surface area contributed by atoms with E-state index in [1.165, 1.54) is 31.2 Å². The van der Waals surface area contributed by atoms with Gasteiger partial charge in [0, 0.05) is 0 Å². The summed E-state index contributed by atoms with van der Waals surface area (Å²) < 4.78 is 21.6. The summed E-state index contributed by atoms with van der Waals surface area (Å²) in [6.45, 7) is 1.53. The van der Waals surface area contributed by atoms with Crippen LogP contribution in [0.15, 0.2) is 34.3 Å². The maximum absolute atomic E-state index is 11.0. The molecule has 1 rings (SSSR count). The Hall–Kier alpha value is -1.25. The predicted octanol–water partition coefficient (Wildman–Crippen LogP) is 1.04. The van der Waals surface area contributed by atoms with Crippen molar-refractivity contribution in [2.75, 3.05) is 5.43 Å². The molecule has 0 spiro atoms. The summed E-state index contributed by atoms with van der Waals surface area (Å²) in [5.41, 5.74) is 3.40. The molecular formula is C9H10BrN3O3S. The molecule has 0 unspecified atom stereocenters. The quantitative estimate of drug-likeness (QED) is 0.492. The fourth-order valence-corrected chi connectivity index (χ4v) is 1.52. The van der Waals surface area contributed by atoms with Crippen LogP contribution in [0.4, 0.5) is 5.69 Å². The number of nitrogens with zero attached hydrogens (tertiary/aromatic N) is 1. The van der Waals surface area contributed by atoms with E-state index in [0.717, 1.165) is 0 Å².